The van der Waals surface area contributed by atoms with Crippen LogP contribution < -0.4 is 16.0 Å². The van der Waals surface area contributed by atoms with Gasteiger partial charge in [-0.2, -0.15) is 0 Å². The topological polar surface area (TPSA) is 142 Å². The van der Waals surface area contributed by atoms with Crippen molar-refractivity contribution in [3.63, 3.8) is 0 Å². The number of rotatable bonds is 6. The average molecular weight is 635 g/mol. The largest absolute Gasteiger partial charge is 0.315 e. The number of nitrogens with one attached hydrogen (secondary N) is 3. The summed E-state index contributed by atoms with van der Waals surface area (Å²) in [5.41, 5.74) is 2.32. The van der Waals surface area contributed by atoms with Crippen LogP contribution in [-0.4, -0.2) is 73.2 Å². The summed E-state index contributed by atoms with van der Waals surface area (Å²) in [6, 6.07) is 17.4. The van der Waals surface area contributed by atoms with Gasteiger partial charge >= 0.3 is 0 Å². The minimum absolute atomic E-state index is 0.220. The first-order valence-electron chi connectivity index (χ1n) is 13.7. The van der Waals surface area contributed by atoms with Gasteiger partial charge in [-0.05, 0) is 76.7 Å². The molecule has 3 aromatic carbocycles. The van der Waals surface area contributed by atoms with Crippen LogP contribution >= 0.6 is 0 Å². The SMILES string of the molecule is Cc1ccc(S(=O)(=O)N2CNCCNCCCNCC2(S(=O)(=O)c2ccc(C)cc2)S(=O)(=O)c2ccc(C)cc2)cc1. The van der Waals surface area contributed by atoms with E-state index in [9.17, 15) is 25.3 Å². The number of sulfonamides is 1. The van der Waals surface area contributed by atoms with Crippen LogP contribution in [0.1, 0.15) is 23.1 Å². The van der Waals surface area contributed by atoms with Gasteiger partial charge in [0, 0.05) is 19.6 Å². The minimum Gasteiger partial charge on any atom is -0.315 e. The molecule has 0 spiro atoms. The third kappa shape index (κ3) is 6.18. The summed E-state index contributed by atoms with van der Waals surface area (Å²) < 4.78 is 86.2. The number of nitrogens with zero attached hydrogens (tertiary/aromatic N) is 1. The first kappa shape index (κ1) is 32.3. The predicted molar refractivity (Wildman–Crippen MR) is 163 cm³/mol. The summed E-state index contributed by atoms with van der Waals surface area (Å²) in [7, 11) is -14.6. The monoisotopic (exact) mass is 634 g/mol. The Morgan fingerprint density at radius 3 is 1.43 bits per heavy atom. The van der Waals surface area contributed by atoms with E-state index in [1.807, 2.05) is 0 Å². The van der Waals surface area contributed by atoms with Gasteiger partial charge in [0.15, 0.2) is 0 Å². The van der Waals surface area contributed by atoms with E-state index in [1.165, 1.54) is 36.4 Å². The highest BCUT2D eigenvalue weighted by molar-refractivity contribution is 8.11. The molecule has 1 saturated heterocycles. The van der Waals surface area contributed by atoms with Gasteiger partial charge in [0.1, 0.15) is 0 Å². The number of benzene rings is 3. The van der Waals surface area contributed by atoms with Gasteiger partial charge < -0.3 is 16.0 Å². The Balaban J connectivity index is 2.11. The first-order valence-corrected chi connectivity index (χ1v) is 18.1. The lowest BCUT2D eigenvalue weighted by molar-refractivity contribution is 0.302. The summed E-state index contributed by atoms with van der Waals surface area (Å²) in [5, 5.41) is 9.22. The average Bonchev–Trinajstić information content (AvgIpc) is 2.93. The summed E-state index contributed by atoms with van der Waals surface area (Å²) in [4.78, 5) is -0.824. The molecule has 0 bridgehead atoms. The van der Waals surface area contributed by atoms with E-state index in [4.69, 9.17) is 0 Å². The van der Waals surface area contributed by atoms with E-state index in [-0.39, 0.29) is 27.8 Å². The quantitative estimate of drug-likeness (QED) is 0.373. The minimum atomic E-state index is -4.95. The molecule has 10 nitrogen and oxygen atoms in total. The van der Waals surface area contributed by atoms with Gasteiger partial charge in [-0.15, -0.1) is 4.31 Å². The maximum absolute atomic E-state index is 14.9. The van der Waals surface area contributed by atoms with Crippen molar-refractivity contribution in [1.82, 2.24) is 20.3 Å². The van der Waals surface area contributed by atoms with Crippen LogP contribution in [-0.2, 0) is 29.7 Å². The lowest BCUT2D eigenvalue weighted by Gasteiger charge is -2.41. The van der Waals surface area contributed by atoms with Gasteiger partial charge in [-0.25, -0.2) is 25.3 Å². The summed E-state index contributed by atoms with van der Waals surface area (Å²) in [5.74, 6) is 0. The molecule has 1 heterocycles. The third-order valence-electron chi connectivity index (χ3n) is 7.28. The van der Waals surface area contributed by atoms with Crippen LogP contribution in [0.25, 0.3) is 0 Å². The Hall–Kier alpha value is -2.65. The van der Waals surface area contributed by atoms with E-state index in [1.54, 1.807) is 57.2 Å². The van der Waals surface area contributed by atoms with E-state index in [0.29, 0.717) is 23.8 Å². The second-order valence-electron chi connectivity index (χ2n) is 10.5. The lowest BCUT2D eigenvalue weighted by atomic mass is 10.2. The van der Waals surface area contributed by atoms with Crippen molar-refractivity contribution in [3.8, 4) is 0 Å². The molecule has 0 radical (unpaired) electrons. The Morgan fingerprint density at radius 1 is 0.548 bits per heavy atom. The molecule has 228 valence electrons. The Kier molecular flexibility index (Phi) is 9.93. The molecule has 42 heavy (non-hydrogen) atoms. The van der Waals surface area contributed by atoms with Crippen molar-refractivity contribution in [3.05, 3.63) is 89.5 Å². The predicted octanol–water partition coefficient (Wildman–Crippen LogP) is 2.33. The van der Waals surface area contributed by atoms with E-state index >= 15 is 0 Å². The van der Waals surface area contributed by atoms with Crippen molar-refractivity contribution in [2.24, 2.45) is 0 Å². The van der Waals surface area contributed by atoms with Gasteiger partial charge in [0.2, 0.25) is 29.7 Å². The van der Waals surface area contributed by atoms with Crippen molar-refractivity contribution in [2.75, 3.05) is 39.4 Å². The molecule has 0 saturated carbocycles. The Labute approximate surface area is 249 Å². The third-order valence-corrected chi connectivity index (χ3v) is 14.9. The highest BCUT2D eigenvalue weighted by atomic mass is 32.3. The van der Waals surface area contributed by atoms with Crippen LogP contribution in [0.3, 0.4) is 0 Å². The van der Waals surface area contributed by atoms with Crippen molar-refractivity contribution in [2.45, 2.75) is 46.1 Å². The molecule has 0 unspecified atom stereocenters. The zero-order valence-electron chi connectivity index (χ0n) is 24.0. The number of hydrogen-bond donors (Lipinski definition) is 3. The fraction of sp³-hybridized carbons (Fsp3) is 0.379. The highest BCUT2D eigenvalue weighted by Crippen LogP contribution is 2.41. The second kappa shape index (κ2) is 12.9. The van der Waals surface area contributed by atoms with Crippen LogP contribution in [0.5, 0.6) is 0 Å². The van der Waals surface area contributed by atoms with Crippen LogP contribution in [0.4, 0.5) is 0 Å². The molecule has 3 N–H and O–H groups in total. The van der Waals surface area contributed by atoms with Gasteiger partial charge in [-0.1, -0.05) is 53.1 Å². The molecule has 1 aliphatic rings. The Bertz CT molecular complexity index is 1610. The Morgan fingerprint density at radius 2 is 0.952 bits per heavy atom. The number of sulfone groups is 2. The van der Waals surface area contributed by atoms with E-state index < -0.39 is 47.1 Å². The molecule has 0 aliphatic carbocycles. The maximum Gasteiger partial charge on any atom is 0.261 e. The lowest BCUT2D eigenvalue weighted by Crippen LogP contribution is -2.67. The van der Waals surface area contributed by atoms with E-state index in [0.717, 1.165) is 16.7 Å². The van der Waals surface area contributed by atoms with Gasteiger partial charge in [0.25, 0.3) is 4.20 Å². The summed E-state index contributed by atoms with van der Waals surface area (Å²) >= 11 is 0. The summed E-state index contributed by atoms with van der Waals surface area (Å²) in [6.07, 6.45) is 0.565. The van der Waals surface area contributed by atoms with Crippen LogP contribution in [0.15, 0.2) is 87.5 Å². The molecule has 1 fully saturated rings. The van der Waals surface area contributed by atoms with Crippen molar-refractivity contribution >= 4 is 29.7 Å². The normalized spacial score (nSPS) is 18.1. The molecule has 0 atom stereocenters. The molecular formula is C29H38N4O6S3. The second-order valence-corrected chi connectivity index (χ2v) is 16.9. The first-order chi connectivity index (χ1) is 19.8. The maximum atomic E-state index is 14.9. The smallest absolute Gasteiger partial charge is 0.261 e. The summed E-state index contributed by atoms with van der Waals surface area (Å²) in [6.45, 7) is 5.69. The fourth-order valence-electron chi connectivity index (χ4n) is 4.79. The highest BCUT2D eigenvalue weighted by Gasteiger charge is 2.63. The molecule has 4 rings (SSSR count). The van der Waals surface area contributed by atoms with Crippen LogP contribution in [0, 0.1) is 20.8 Å². The number of hydrogen-bond acceptors (Lipinski definition) is 9. The van der Waals surface area contributed by atoms with Gasteiger partial charge in [-0.3, -0.25) is 0 Å². The van der Waals surface area contributed by atoms with Crippen molar-refractivity contribution in [1.29, 1.82) is 0 Å². The molecule has 3 aromatic rings. The van der Waals surface area contributed by atoms with Crippen LogP contribution in [0.2, 0.25) is 0 Å². The van der Waals surface area contributed by atoms with E-state index in [2.05, 4.69) is 16.0 Å². The zero-order valence-corrected chi connectivity index (χ0v) is 26.4. The van der Waals surface area contributed by atoms with Gasteiger partial charge in [0.05, 0.1) is 21.4 Å². The molecule has 0 amide bonds. The molecule has 13 heteroatoms. The molecule has 0 aromatic heterocycles. The van der Waals surface area contributed by atoms with Crippen molar-refractivity contribution < 1.29 is 25.3 Å². The molecular weight excluding hydrogens is 597 g/mol. The number of aryl methyl sites for hydroxylation is 3. The standard InChI is InChI=1S/C29H38N4O6S3/c1-23-5-11-26(12-6-23)40(34,35)29(41(36,37)27-13-7-24(2)8-14-27)21-31-18-4-17-30-19-20-32-22-33(29)42(38,39)28-15-9-25(3)10-16-28/h5-16,30-32H,4,17-22H2,1-3H3. The zero-order chi connectivity index (χ0) is 30.6. The molecule has 1 aliphatic heterocycles. The fourth-order valence-corrected chi connectivity index (χ4v) is 12.1.